The fourth-order valence-electron chi connectivity index (χ4n) is 8.46. The Morgan fingerprint density at radius 1 is 0.412 bits per heavy atom. The minimum absolute atomic E-state index is 0.0324. The average molecular weight is 665 g/mol. The summed E-state index contributed by atoms with van der Waals surface area (Å²) < 4.78 is 4.99. The van der Waals surface area contributed by atoms with Gasteiger partial charge in [0.25, 0.3) is 11.4 Å². The van der Waals surface area contributed by atoms with Crippen molar-refractivity contribution in [3.05, 3.63) is 143 Å². The molecule has 0 N–H and O–H groups in total. The van der Waals surface area contributed by atoms with Crippen LogP contribution >= 0.6 is 0 Å². The van der Waals surface area contributed by atoms with E-state index in [1.807, 2.05) is 0 Å². The molecule has 0 saturated heterocycles. The number of aromatic nitrogens is 2. The quantitative estimate of drug-likeness (QED) is 0.113. The molecule has 4 heterocycles. The van der Waals surface area contributed by atoms with E-state index in [9.17, 15) is 0 Å². The van der Waals surface area contributed by atoms with E-state index in [4.69, 9.17) is 0 Å². The van der Waals surface area contributed by atoms with Crippen molar-refractivity contribution in [1.82, 2.24) is 0 Å². The number of rotatable bonds is 0. The van der Waals surface area contributed by atoms with Crippen LogP contribution in [0.2, 0.25) is 0 Å². The van der Waals surface area contributed by atoms with Crippen LogP contribution in [0.15, 0.2) is 116 Å². The molecule has 7 aromatic rings. The van der Waals surface area contributed by atoms with E-state index in [0.717, 1.165) is 6.42 Å². The highest BCUT2D eigenvalue weighted by molar-refractivity contribution is 6.26. The van der Waals surface area contributed by atoms with Gasteiger partial charge in [0.15, 0.2) is 12.4 Å². The lowest BCUT2D eigenvalue weighted by atomic mass is 9.81. The second-order valence-electron chi connectivity index (χ2n) is 18.0. The normalized spacial score (nSPS) is 15.6. The standard InChI is InChI=1S/C49H48N2/c1-47(2,3)31-19-18-30-24-45(50-22-20-32(48(4,5)6)26-43(50)38(30)25-31)46-42-29-40-37-17-13-11-15-35(37)34-14-10-12-16-36(34)39(40)28-41(42)44-27-33(49(7,8)9)21-23-51(44)46/h10-23,25-29H,24H2,1-9H3/q+2/b46-45+. The van der Waals surface area contributed by atoms with Crippen LogP contribution in [-0.4, -0.2) is 0 Å². The molecule has 0 spiro atoms. The maximum absolute atomic E-state index is 2.51. The summed E-state index contributed by atoms with van der Waals surface area (Å²) in [5.74, 6) is 0. The van der Waals surface area contributed by atoms with Crippen LogP contribution < -0.4 is 9.13 Å². The second kappa shape index (κ2) is 10.7. The van der Waals surface area contributed by atoms with E-state index in [2.05, 4.69) is 187 Å². The van der Waals surface area contributed by atoms with Gasteiger partial charge in [-0.05, 0) is 89.0 Å². The third kappa shape index (κ3) is 4.90. The van der Waals surface area contributed by atoms with Crippen molar-refractivity contribution >= 4 is 43.7 Å². The van der Waals surface area contributed by atoms with Crippen LogP contribution in [0, 0.1) is 0 Å². The second-order valence-corrected chi connectivity index (χ2v) is 18.0. The largest absolute Gasteiger partial charge is 0.287 e. The monoisotopic (exact) mass is 664 g/mol. The van der Waals surface area contributed by atoms with Gasteiger partial charge in [-0.25, -0.2) is 0 Å². The summed E-state index contributed by atoms with van der Waals surface area (Å²) in [5, 5.41) is 7.86. The predicted molar refractivity (Wildman–Crippen MR) is 215 cm³/mol. The van der Waals surface area contributed by atoms with Gasteiger partial charge in [-0.15, -0.1) is 0 Å². The van der Waals surface area contributed by atoms with Crippen molar-refractivity contribution in [2.45, 2.75) is 85.0 Å². The van der Waals surface area contributed by atoms with Gasteiger partial charge in [0.05, 0.1) is 23.1 Å². The Labute approximate surface area is 302 Å². The van der Waals surface area contributed by atoms with Crippen LogP contribution in [-0.2, 0) is 22.7 Å². The van der Waals surface area contributed by atoms with Crippen molar-refractivity contribution in [2.24, 2.45) is 0 Å². The Hall–Kier alpha value is -5.08. The minimum atomic E-state index is 0.0324. The van der Waals surface area contributed by atoms with Gasteiger partial charge in [0.1, 0.15) is 0 Å². The molecule has 0 aliphatic carbocycles. The predicted octanol–water partition coefficient (Wildman–Crippen LogP) is 11.7. The topological polar surface area (TPSA) is 7.76 Å². The van der Waals surface area contributed by atoms with Gasteiger partial charge >= 0.3 is 0 Å². The smallest absolute Gasteiger partial charge is 0.158 e. The SMILES string of the molecule is CC(C)(C)c1ccc2c(c1)-c1cc(C(C)(C)C)cc[n+]1/C(=C1\c3cc4c5ccccc5c5ccccc5c4cc3-c3cc(C(C)(C)C)cc[n+]31)C2. The molecular formula is C49H48N2+2. The molecule has 2 aliphatic heterocycles. The summed E-state index contributed by atoms with van der Waals surface area (Å²) >= 11 is 0. The molecular weight excluding hydrogens is 617 g/mol. The molecule has 9 rings (SSSR count). The van der Waals surface area contributed by atoms with Crippen LogP contribution in [0.1, 0.15) is 90.1 Å². The van der Waals surface area contributed by atoms with E-state index in [1.54, 1.807) is 0 Å². The first-order chi connectivity index (χ1) is 24.2. The average Bonchev–Trinajstić information content (AvgIpc) is 3.41. The molecule has 0 amide bonds. The fraction of sp³-hybridized carbons (Fsp3) is 0.265. The summed E-state index contributed by atoms with van der Waals surface area (Å²) in [6.45, 7) is 20.9. The maximum atomic E-state index is 2.51. The van der Waals surface area contributed by atoms with E-state index < -0.39 is 0 Å². The first-order valence-corrected chi connectivity index (χ1v) is 18.6. The Morgan fingerprint density at radius 3 is 1.39 bits per heavy atom. The van der Waals surface area contributed by atoms with Crippen molar-refractivity contribution < 1.29 is 9.13 Å². The summed E-state index contributed by atoms with van der Waals surface area (Å²) in [5.41, 5.74) is 14.7. The van der Waals surface area contributed by atoms with E-state index >= 15 is 0 Å². The molecule has 0 saturated carbocycles. The molecule has 2 heteroatoms. The molecule has 0 radical (unpaired) electrons. The molecule has 0 unspecified atom stereocenters. The molecule has 2 nitrogen and oxygen atoms in total. The molecule has 2 aliphatic rings. The first-order valence-electron chi connectivity index (χ1n) is 18.6. The van der Waals surface area contributed by atoms with Gasteiger partial charge in [-0.1, -0.05) is 123 Å². The van der Waals surface area contributed by atoms with Gasteiger partial charge in [-0.2, -0.15) is 9.13 Å². The van der Waals surface area contributed by atoms with Crippen molar-refractivity contribution in [1.29, 1.82) is 0 Å². The number of hydrogen-bond donors (Lipinski definition) is 0. The van der Waals surface area contributed by atoms with Crippen molar-refractivity contribution in [3.63, 3.8) is 0 Å². The lowest BCUT2D eigenvalue weighted by molar-refractivity contribution is -0.597. The fourth-order valence-corrected chi connectivity index (χ4v) is 8.46. The van der Waals surface area contributed by atoms with Crippen molar-refractivity contribution in [2.75, 3.05) is 0 Å². The zero-order chi connectivity index (χ0) is 35.6. The zero-order valence-electron chi connectivity index (χ0n) is 31.6. The highest BCUT2D eigenvalue weighted by Gasteiger charge is 2.43. The minimum Gasteiger partial charge on any atom is -0.158 e. The summed E-state index contributed by atoms with van der Waals surface area (Å²) in [6, 6.07) is 39.7. The Bertz CT molecular complexity index is 2650. The maximum Gasteiger partial charge on any atom is 0.287 e. The van der Waals surface area contributed by atoms with Gasteiger partial charge in [0.2, 0.25) is 11.4 Å². The molecule has 252 valence electrons. The summed E-state index contributed by atoms with van der Waals surface area (Å²) in [4.78, 5) is 0. The summed E-state index contributed by atoms with van der Waals surface area (Å²) in [7, 11) is 0. The lowest BCUT2D eigenvalue weighted by Gasteiger charge is -2.25. The number of hydrogen-bond acceptors (Lipinski definition) is 0. The van der Waals surface area contributed by atoms with E-state index in [1.165, 1.54) is 94.0 Å². The molecule has 5 aromatic carbocycles. The lowest BCUT2D eigenvalue weighted by Crippen LogP contribution is -2.44. The highest BCUT2D eigenvalue weighted by atomic mass is 15.1. The highest BCUT2D eigenvalue weighted by Crippen LogP contribution is 2.45. The van der Waals surface area contributed by atoms with E-state index in [-0.39, 0.29) is 16.2 Å². The number of fused-ring (bicyclic) bond motifs is 12. The van der Waals surface area contributed by atoms with Crippen LogP contribution in [0.4, 0.5) is 0 Å². The van der Waals surface area contributed by atoms with Crippen LogP contribution in [0.3, 0.4) is 0 Å². The van der Waals surface area contributed by atoms with Gasteiger partial charge in [0, 0.05) is 24.3 Å². The molecule has 0 atom stereocenters. The van der Waals surface area contributed by atoms with E-state index in [0.29, 0.717) is 0 Å². The molecule has 51 heavy (non-hydrogen) atoms. The van der Waals surface area contributed by atoms with Crippen LogP contribution in [0.5, 0.6) is 0 Å². The Morgan fingerprint density at radius 2 is 0.863 bits per heavy atom. The summed E-state index contributed by atoms with van der Waals surface area (Å²) in [6.07, 6.45) is 5.53. The first kappa shape index (κ1) is 31.9. The Balaban J connectivity index is 1.41. The third-order valence-electron chi connectivity index (χ3n) is 11.5. The number of allylic oxidation sites excluding steroid dienone is 1. The number of nitrogens with zero attached hydrogens (tertiary/aromatic N) is 2. The molecule has 0 fully saturated rings. The number of pyridine rings is 2. The van der Waals surface area contributed by atoms with Gasteiger partial charge < -0.3 is 0 Å². The molecule has 2 aromatic heterocycles. The Kier molecular flexibility index (Phi) is 6.70. The van der Waals surface area contributed by atoms with Crippen molar-refractivity contribution in [3.8, 4) is 22.5 Å². The molecule has 0 bridgehead atoms. The number of benzene rings is 5. The van der Waals surface area contributed by atoms with Gasteiger partial charge in [-0.3, -0.25) is 0 Å². The van der Waals surface area contributed by atoms with Crippen LogP contribution in [0.25, 0.3) is 66.2 Å². The zero-order valence-corrected chi connectivity index (χ0v) is 31.6. The third-order valence-corrected chi connectivity index (χ3v) is 11.5.